The molecule has 2 N–H and O–H groups in total. The summed E-state index contributed by atoms with van der Waals surface area (Å²) < 4.78 is 46.8. The third kappa shape index (κ3) is 6.69. The topological polar surface area (TPSA) is 101 Å². The summed E-state index contributed by atoms with van der Waals surface area (Å²) in [5, 5.41) is 7.72. The lowest BCUT2D eigenvalue weighted by Gasteiger charge is -2.20. The van der Waals surface area contributed by atoms with Crippen LogP contribution in [0.2, 0.25) is 0 Å². The van der Waals surface area contributed by atoms with Gasteiger partial charge in [-0.1, -0.05) is 0 Å². The maximum Gasteiger partial charge on any atom is 0.226 e. The molecule has 0 radical (unpaired) electrons. The third-order valence-corrected chi connectivity index (χ3v) is 6.62. The van der Waals surface area contributed by atoms with Crippen LogP contribution in [0.5, 0.6) is 0 Å². The van der Waals surface area contributed by atoms with E-state index < -0.39 is 31.0 Å². The second kappa shape index (κ2) is 6.20. The van der Waals surface area contributed by atoms with Crippen molar-refractivity contribution >= 4 is 31.6 Å². The molecule has 2 unspecified atom stereocenters. The molecule has 0 fully saturated rings. The fourth-order valence-electron chi connectivity index (χ4n) is 1.11. The summed E-state index contributed by atoms with van der Waals surface area (Å²) in [4.78, 5) is 0. The van der Waals surface area contributed by atoms with Gasteiger partial charge in [-0.25, -0.2) is 21.6 Å². The molecule has 0 rings (SSSR count). The average molecular weight is 291 g/mol. The van der Waals surface area contributed by atoms with Crippen molar-refractivity contribution in [3.63, 3.8) is 0 Å². The van der Waals surface area contributed by atoms with Crippen molar-refractivity contribution in [2.75, 3.05) is 24.2 Å². The summed E-state index contributed by atoms with van der Waals surface area (Å²) >= 11 is 1.31. The lowest BCUT2D eigenvalue weighted by molar-refractivity contribution is 0.282. The first-order valence-corrected chi connectivity index (χ1v) is 9.42. The molecule has 0 amide bonds. The molecule has 0 aliphatic rings. The van der Waals surface area contributed by atoms with E-state index in [1.54, 1.807) is 13.2 Å². The van der Waals surface area contributed by atoms with E-state index in [1.165, 1.54) is 11.8 Å². The van der Waals surface area contributed by atoms with Crippen LogP contribution in [0, 0.1) is 0 Å². The van der Waals surface area contributed by atoms with Crippen LogP contribution >= 0.6 is 11.8 Å². The zero-order chi connectivity index (χ0) is 13.0. The number of aliphatic hydroxyl groups excluding tert-OH is 1. The molecular weight excluding hydrogens is 274 g/mol. The fourth-order valence-corrected chi connectivity index (χ4v) is 5.08. The molecule has 0 aromatic carbocycles. The van der Waals surface area contributed by atoms with Crippen molar-refractivity contribution in [1.82, 2.24) is 4.72 Å². The van der Waals surface area contributed by atoms with Crippen LogP contribution in [0.3, 0.4) is 0 Å². The van der Waals surface area contributed by atoms with Gasteiger partial charge in [0.1, 0.15) is 0 Å². The predicted octanol–water partition coefficient (Wildman–Crippen LogP) is -0.980. The summed E-state index contributed by atoms with van der Waals surface area (Å²) in [6.07, 6.45) is 2.59. The molecule has 0 bridgehead atoms. The molecule has 0 saturated heterocycles. The molecule has 9 heteroatoms. The molecule has 16 heavy (non-hydrogen) atoms. The number of thioether (sulfide) groups is 1. The van der Waals surface area contributed by atoms with Gasteiger partial charge in [0.15, 0.2) is 14.9 Å². The third-order valence-electron chi connectivity index (χ3n) is 1.78. The van der Waals surface area contributed by atoms with E-state index in [9.17, 15) is 16.8 Å². The highest BCUT2D eigenvalue weighted by Gasteiger charge is 2.24. The maximum atomic E-state index is 11.4. The van der Waals surface area contributed by atoms with E-state index in [-0.39, 0.29) is 11.9 Å². The fraction of sp³-hybridized carbons (Fsp3) is 1.00. The Morgan fingerprint density at radius 1 is 1.31 bits per heavy atom. The standard InChI is InChI=1S/C7H17NO5S3/c1-6(7(4-9)14-2)8-16(12,13)5-15(3,10)11/h6-9H,4-5H2,1-3H3. The normalized spacial score (nSPS) is 17.0. The number of hydrogen-bond donors (Lipinski definition) is 2. The first-order valence-electron chi connectivity index (χ1n) is 4.42. The van der Waals surface area contributed by atoms with Crippen LogP contribution in [0.25, 0.3) is 0 Å². The number of sulfonamides is 1. The molecule has 98 valence electrons. The monoisotopic (exact) mass is 291 g/mol. The van der Waals surface area contributed by atoms with E-state index in [1.807, 2.05) is 0 Å². The van der Waals surface area contributed by atoms with Crippen LogP contribution in [-0.2, 0) is 19.9 Å². The summed E-state index contributed by atoms with van der Waals surface area (Å²) in [6, 6.07) is -0.522. The summed E-state index contributed by atoms with van der Waals surface area (Å²) in [5.41, 5.74) is 0. The maximum absolute atomic E-state index is 11.4. The van der Waals surface area contributed by atoms with Gasteiger partial charge in [-0.15, -0.1) is 0 Å². The van der Waals surface area contributed by atoms with Crippen LogP contribution in [-0.4, -0.2) is 57.4 Å². The molecule has 0 aliphatic heterocycles. The van der Waals surface area contributed by atoms with Crippen molar-refractivity contribution in [2.24, 2.45) is 0 Å². The van der Waals surface area contributed by atoms with Crippen LogP contribution < -0.4 is 4.72 Å². The number of nitrogens with one attached hydrogen (secondary N) is 1. The van der Waals surface area contributed by atoms with E-state index in [0.29, 0.717) is 0 Å². The Labute approximate surface area is 101 Å². The summed E-state index contributed by atoms with van der Waals surface area (Å²) in [5.74, 6) is 0. The minimum atomic E-state index is -3.87. The van der Waals surface area contributed by atoms with E-state index in [4.69, 9.17) is 5.11 Å². The number of hydrogen-bond acceptors (Lipinski definition) is 6. The molecule has 0 heterocycles. The van der Waals surface area contributed by atoms with E-state index in [0.717, 1.165) is 6.26 Å². The van der Waals surface area contributed by atoms with Gasteiger partial charge in [-0.3, -0.25) is 0 Å². The molecule has 0 saturated carbocycles. The van der Waals surface area contributed by atoms with Gasteiger partial charge in [0.25, 0.3) is 0 Å². The van der Waals surface area contributed by atoms with E-state index >= 15 is 0 Å². The molecule has 2 atom stereocenters. The number of sulfone groups is 1. The lowest BCUT2D eigenvalue weighted by atomic mass is 10.3. The Balaban J connectivity index is 4.60. The largest absolute Gasteiger partial charge is 0.395 e. The lowest BCUT2D eigenvalue weighted by Crippen LogP contribution is -2.43. The van der Waals surface area contributed by atoms with Crippen LogP contribution in [0.4, 0.5) is 0 Å². The highest BCUT2D eigenvalue weighted by Crippen LogP contribution is 2.11. The second-order valence-electron chi connectivity index (χ2n) is 3.52. The summed E-state index contributed by atoms with van der Waals surface area (Å²) in [7, 11) is -7.45. The van der Waals surface area contributed by atoms with Gasteiger partial charge in [0, 0.05) is 17.5 Å². The summed E-state index contributed by atoms with van der Waals surface area (Å²) in [6.45, 7) is 1.40. The number of rotatable bonds is 7. The highest BCUT2D eigenvalue weighted by molar-refractivity contribution is 8.06. The highest BCUT2D eigenvalue weighted by atomic mass is 32.3. The van der Waals surface area contributed by atoms with E-state index in [2.05, 4.69) is 4.72 Å². The van der Waals surface area contributed by atoms with Crippen molar-refractivity contribution in [1.29, 1.82) is 0 Å². The minimum Gasteiger partial charge on any atom is -0.395 e. The van der Waals surface area contributed by atoms with Gasteiger partial charge in [-0.2, -0.15) is 11.8 Å². The Kier molecular flexibility index (Phi) is 6.26. The Morgan fingerprint density at radius 3 is 2.12 bits per heavy atom. The molecule has 6 nitrogen and oxygen atoms in total. The van der Waals surface area contributed by atoms with Crippen LogP contribution in [0.15, 0.2) is 0 Å². The zero-order valence-corrected chi connectivity index (χ0v) is 11.8. The smallest absolute Gasteiger partial charge is 0.226 e. The van der Waals surface area contributed by atoms with Crippen LogP contribution in [0.1, 0.15) is 6.92 Å². The molecule has 0 aromatic heterocycles. The predicted molar refractivity (Wildman–Crippen MR) is 65.6 cm³/mol. The van der Waals surface area contributed by atoms with Crippen molar-refractivity contribution in [3.8, 4) is 0 Å². The zero-order valence-electron chi connectivity index (χ0n) is 9.37. The van der Waals surface area contributed by atoms with Gasteiger partial charge >= 0.3 is 0 Å². The minimum absolute atomic E-state index is 0.177. The quantitative estimate of drug-likeness (QED) is 0.625. The second-order valence-corrected chi connectivity index (χ2v) is 8.86. The average Bonchev–Trinajstić information content (AvgIpc) is 1.99. The molecule has 0 aromatic rings. The Morgan fingerprint density at radius 2 is 1.81 bits per heavy atom. The first kappa shape index (κ1) is 16.2. The Bertz CT molecular complexity index is 398. The van der Waals surface area contributed by atoms with Crippen molar-refractivity contribution in [2.45, 2.75) is 18.2 Å². The van der Waals surface area contributed by atoms with Crippen molar-refractivity contribution < 1.29 is 21.9 Å². The SMILES string of the molecule is CSC(CO)C(C)NS(=O)(=O)CS(C)(=O)=O. The molecule has 0 spiro atoms. The number of aliphatic hydroxyl groups is 1. The first-order chi connectivity index (χ1) is 7.11. The van der Waals surface area contributed by atoms with Crippen molar-refractivity contribution in [3.05, 3.63) is 0 Å². The van der Waals surface area contributed by atoms with Gasteiger partial charge < -0.3 is 5.11 Å². The molecule has 0 aliphatic carbocycles. The van der Waals surface area contributed by atoms with Gasteiger partial charge in [0.2, 0.25) is 10.0 Å². The Hall–Kier alpha value is 0.170. The van der Waals surface area contributed by atoms with Gasteiger partial charge in [0.05, 0.1) is 6.61 Å². The molecular formula is C7H17NO5S3. The van der Waals surface area contributed by atoms with Gasteiger partial charge in [-0.05, 0) is 13.2 Å².